The molecule has 0 saturated carbocycles. The van der Waals surface area contributed by atoms with Gasteiger partial charge in [-0.15, -0.1) is 0 Å². The van der Waals surface area contributed by atoms with Crippen molar-refractivity contribution in [1.29, 1.82) is 0 Å². The van der Waals surface area contributed by atoms with Gasteiger partial charge in [0.15, 0.2) is 0 Å². The number of pyridine rings is 1. The fourth-order valence-electron chi connectivity index (χ4n) is 0.787. The summed E-state index contributed by atoms with van der Waals surface area (Å²) in [5.41, 5.74) is -0.328. The Bertz CT molecular complexity index is 320. The minimum atomic E-state index is -2.62. The van der Waals surface area contributed by atoms with E-state index >= 15 is 0 Å². The van der Waals surface area contributed by atoms with Crippen LogP contribution in [0, 0.1) is 0 Å². The summed E-state index contributed by atoms with van der Waals surface area (Å²) in [7, 11) is 1.40. The number of halogens is 4. The molecule has 0 fully saturated rings. The second-order valence-electron chi connectivity index (χ2n) is 2.15. The monoisotopic (exact) mass is 315 g/mol. The van der Waals surface area contributed by atoms with Crippen LogP contribution in [0.1, 0.15) is 12.1 Å². The molecule has 0 aliphatic carbocycles. The Morgan fingerprint density at radius 3 is 2.54 bits per heavy atom. The van der Waals surface area contributed by atoms with Crippen LogP contribution in [0.25, 0.3) is 0 Å². The van der Waals surface area contributed by atoms with E-state index in [2.05, 4.69) is 36.8 Å². The highest BCUT2D eigenvalue weighted by atomic mass is 79.9. The van der Waals surface area contributed by atoms with Crippen molar-refractivity contribution < 1.29 is 13.5 Å². The van der Waals surface area contributed by atoms with E-state index in [4.69, 9.17) is 4.74 Å². The molecule has 0 bridgehead atoms. The molecule has 0 aliphatic heterocycles. The van der Waals surface area contributed by atoms with Gasteiger partial charge in [0, 0.05) is 6.07 Å². The summed E-state index contributed by atoms with van der Waals surface area (Å²) in [6.45, 7) is 0. The fraction of sp³-hybridized carbons (Fsp3) is 0.286. The number of alkyl halides is 2. The lowest BCUT2D eigenvalue weighted by molar-refractivity contribution is 0.144. The third-order valence-electron chi connectivity index (χ3n) is 1.35. The predicted molar refractivity (Wildman–Crippen MR) is 51.1 cm³/mol. The Morgan fingerprint density at radius 2 is 2.08 bits per heavy atom. The predicted octanol–water partition coefficient (Wildman–Crippen LogP) is 3.55. The van der Waals surface area contributed by atoms with Gasteiger partial charge in [-0.3, -0.25) is 0 Å². The number of ether oxygens (including phenoxy) is 1. The molecule has 0 amide bonds. The number of methoxy groups -OCH3 is 1. The molecule has 0 atom stereocenters. The Kier molecular flexibility index (Phi) is 3.61. The summed E-state index contributed by atoms with van der Waals surface area (Å²) in [5, 5.41) is 0. The maximum atomic E-state index is 12.4. The first-order chi connectivity index (χ1) is 6.06. The Hall–Kier alpha value is -0.230. The van der Waals surface area contributed by atoms with E-state index in [0.717, 1.165) is 0 Å². The first-order valence-corrected chi connectivity index (χ1v) is 4.83. The zero-order chi connectivity index (χ0) is 10.0. The van der Waals surface area contributed by atoms with Gasteiger partial charge in [-0.25, -0.2) is 13.8 Å². The third-order valence-corrected chi connectivity index (χ3v) is 2.55. The van der Waals surface area contributed by atoms with Crippen molar-refractivity contribution in [3.05, 3.63) is 20.8 Å². The summed E-state index contributed by atoms with van der Waals surface area (Å²) >= 11 is 6.00. The molecule has 0 N–H and O–H groups in total. The van der Waals surface area contributed by atoms with Crippen LogP contribution in [0.4, 0.5) is 8.78 Å². The largest absolute Gasteiger partial charge is 0.495 e. The van der Waals surface area contributed by atoms with Gasteiger partial charge in [0.2, 0.25) is 0 Å². The van der Waals surface area contributed by atoms with Crippen molar-refractivity contribution in [3.8, 4) is 5.75 Å². The molecule has 13 heavy (non-hydrogen) atoms. The van der Waals surface area contributed by atoms with E-state index in [1.54, 1.807) is 0 Å². The quantitative estimate of drug-likeness (QED) is 0.778. The molecule has 1 aromatic rings. The molecule has 1 rings (SSSR count). The molecule has 0 radical (unpaired) electrons. The van der Waals surface area contributed by atoms with Crippen LogP contribution in [-0.2, 0) is 0 Å². The smallest absolute Gasteiger partial charge is 0.281 e. The van der Waals surface area contributed by atoms with Gasteiger partial charge >= 0.3 is 0 Å². The van der Waals surface area contributed by atoms with Crippen molar-refractivity contribution in [1.82, 2.24) is 4.98 Å². The average Bonchev–Trinajstić information content (AvgIpc) is 2.08. The van der Waals surface area contributed by atoms with Crippen LogP contribution in [0.5, 0.6) is 5.75 Å². The second kappa shape index (κ2) is 4.32. The maximum absolute atomic E-state index is 12.4. The molecule has 0 unspecified atom stereocenters. The number of rotatable bonds is 2. The van der Waals surface area contributed by atoms with Gasteiger partial charge in [-0.2, -0.15) is 0 Å². The maximum Gasteiger partial charge on any atom is 0.281 e. The van der Waals surface area contributed by atoms with Crippen molar-refractivity contribution in [3.63, 3.8) is 0 Å². The lowest BCUT2D eigenvalue weighted by atomic mass is 10.3. The fourth-order valence-corrected chi connectivity index (χ4v) is 1.72. The first-order valence-electron chi connectivity index (χ1n) is 3.24. The minimum absolute atomic E-state index is 0.188. The van der Waals surface area contributed by atoms with Crippen LogP contribution < -0.4 is 4.74 Å². The highest BCUT2D eigenvalue weighted by Gasteiger charge is 2.17. The minimum Gasteiger partial charge on any atom is -0.495 e. The lowest BCUT2D eigenvalue weighted by Gasteiger charge is -2.07. The summed E-state index contributed by atoms with van der Waals surface area (Å²) in [6.07, 6.45) is -2.62. The van der Waals surface area contributed by atoms with Gasteiger partial charge in [-0.05, 0) is 31.9 Å². The molecule has 0 aliphatic rings. The molecule has 0 spiro atoms. The van der Waals surface area contributed by atoms with Gasteiger partial charge in [0.1, 0.15) is 16.0 Å². The highest BCUT2D eigenvalue weighted by Crippen LogP contribution is 2.34. The van der Waals surface area contributed by atoms with Gasteiger partial charge in [0.05, 0.1) is 11.6 Å². The van der Waals surface area contributed by atoms with E-state index in [9.17, 15) is 8.78 Å². The summed E-state index contributed by atoms with van der Waals surface area (Å²) in [6, 6.07) is 1.51. The van der Waals surface area contributed by atoms with E-state index in [-0.39, 0.29) is 10.2 Å². The zero-order valence-corrected chi connectivity index (χ0v) is 9.69. The lowest BCUT2D eigenvalue weighted by Crippen LogP contribution is -1.96. The molecular formula is C7H5Br2F2NO. The Morgan fingerprint density at radius 1 is 1.46 bits per heavy atom. The van der Waals surface area contributed by atoms with Gasteiger partial charge in [0.25, 0.3) is 6.43 Å². The van der Waals surface area contributed by atoms with Crippen LogP contribution in [-0.4, -0.2) is 12.1 Å². The second-order valence-corrected chi connectivity index (χ2v) is 3.75. The standard InChI is InChI=1S/C7H5Br2F2NO/c1-13-3-2-4(8)12-6(5(3)9)7(10)11/h2,7H,1H3. The molecule has 1 heterocycles. The van der Waals surface area contributed by atoms with E-state index in [1.807, 2.05) is 0 Å². The SMILES string of the molecule is COc1cc(Br)nc(C(F)F)c1Br. The number of hydrogen-bond donors (Lipinski definition) is 0. The van der Waals surface area contributed by atoms with Gasteiger partial charge in [-0.1, -0.05) is 0 Å². The summed E-state index contributed by atoms with van der Waals surface area (Å²) in [4.78, 5) is 3.62. The summed E-state index contributed by atoms with van der Waals surface area (Å²) in [5.74, 6) is 0.331. The van der Waals surface area contributed by atoms with Crippen LogP contribution in [0.2, 0.25) is 0 Å². The topological polar surface area (TPSA) is 22.1 Å². The Balaban J connectivity index is 3.27. The average molecular weight is 317 g/mol. The first kappa shape index (κ1) is 10.8. The van der Waals surface area contributed by atoms with Crippen LogP contribution in [0.15, 0.2) is 15.1 Å². The van der Waals surface area contributed by atoms with Crippen LogP contribution in [0.3, 0.4) is 0 Å². The van der Waals surface area contributed by atoms with Crippen molar-refractivity contribution in [2.75, 3.05) is 7.11 Å². The molecular weight excluding hydrogens is 312 g/mol. The van der Waals surface area contributed by atoms with Crippen molar-refractivity contribution in [2.24, 2.45) is 0 Å². The third kappa shape index (κ3) is 2.37. The highest BCUT2D eigenvalue weighted by molar-refractivity contribution is 9.11. The normalized spacial score (nSPS) is 10.6. The zero-order valence-electron chi connectivity index (χ0n) is 6.52. The molecule has 0 aromatic carbocycles. The van der Waals surface area contributed by atoms with Crippen LogP contribution >= 0.6 is 31.9 Å². The Labute approximate surface area is 90.6 Å². The number of nitrogens with zero attached hydrogens (tertiary/aromatic N) is 1. The number of aromatic nitrogens is 1. The van der Waals surface area contributed by atoms with E-state index in [0.29, 0.717) is 10.4 Å². The van der Waals surface area contributed by atoms with Gasteiger partial charge < -0.3 is 4.74 Å². The molecule has 72 valence electrons. The summed E-state index contributed by atoms with van der Waals surface area (Å²) < 4.78 is 30.1. The van der Waals surface area contributed by atoms with Crippen molar-refractivity contribution in [2.45, 2.75) is 6.43 Å². The molecule has 6 heteroatoms. The number of hydrogen-bond acceptors (Lipinski definition) is 2. The molecule has 1 aromatic heterocycles. The molecule has 0 saturated heterocycles. The van der Waals surface area contributed by atoms with Crippen molar-refractivity contribution >= 4 is 31.9 Å². The van der Waals surface area contributed by atoms with E-state index < -0.39 is 6.43 Å². The molecule has 2 nitrogen and oxygen atoms in total. The van der Waals surface area contributed by atoms with E-state index in [1.165, 1.54) is 13.2 Å².